The second-order valence-electron chi connectivity index (χ2n) is 2.63. The quantitative estimate of drug-likeness (QED) is 0.552. The van der Waals surface area contributed by atoms with E-state index in [0.29, 0.717) is 13.2 Å². The van der Waals surface area contributed by atoms with Crippen molar-refractivity contribution in [1.29, 1.82) is 0 Å². The van der Waals surface area contributed by atoms with Gasteiger partial charge in [-0.3, -0.25) is 5.10 Å². The molecule has 0 fully saturated rings. The number of aromatic nitrogens is 2. The lowest BCUT2D eigenvalue weighted by Gasteiger charge is -2.04. The maximum atomic E-state index is 11.5. The average Bonchev–Trinajstić information content (AvgIpc) is 2.70. The van der Waals surface area contributed by atoms with E-state index < -0.39 is 10.0 Å². The van der Waals surface area contributed by atoms with Crippen molar-refractivity contribution >= 4 is 26.0 Å². The maximum Gasteiger partial charge on any atom is 0.243 e. The van der Waals surface area contributed by atoms with E-state index in [1.807, 2.05) is 0 Å². The number of ether oxygens (including phenoxy) is 1. The molecule has 1 aromatic rings. The van der Waals surface area contributed by atoms with Gasteiger partial charge in [0.1, 0.15) is 4.90 Å². The van der Waals surface area contributed by atoms with Gasteiger partial charge in [-0.15, -0.1) is 0 Å². The Morgan fingerprint density at radius 1 is 1.53 bits per heavy atom. The number of H-pyrrole nitrogens is 1. The Kier molecular flexibility index (Phi) is 5.23. The van der Waals surface area contributed by atoms with Crippen LogP contribution in [0.15, 0.2) is 17.3 Å². The molecule has 0 unspecified atom stereocenters. The highest BCUT2D eigenvalue weighted by Crippen LogP contribution is 2.03. The summed E-state index contributed by atoms with van der Waals surface area (Å²) in [4.78, 5) is 0.128. The number of hydrogen-bond donors (Lipinski definition) is 2. The van der Waals surface area contributed by atoms with Crippen LogP contribution >= 0.6 is 15.9 Å². The molecule has 15 heavy (non-hydrogen) atoms. The summed E-state index contributed by atoms with van der Waals surface area (Å²) in [5, 5.41) is 6.74. The fourth-order valence-electron chi connectivity index (χ4n) is 0.874. The smallest absolute Gasteiger partial charge is 0.243 e. The van der Waals surface area contributed by atoms with E-state index in [9.17, 15) is 8.42 Å². The Bertz CT molecular complexity index is 365. The van der Waals surface area contributed by atoms with Gasteiger partial charge in [-0.1, -0.05) is 15.9 Å². The van der Waals surface area contributed by atoms with E-state index in [1.165, 1.54) is 12.4 Å². The van der Waals surface area contributed by atoms with E-state index in [4.69, 9.17) is 4.74 Å². The largest absolute Gasteiger partial charge is 0.379 e. The van der Waals surface area contributed by atoms with Crippen molar-refractivity contribution in [2.75, 3.05) is 25.1 Å². The molecule has 0 atom stereocenters. The molecular weight excluding hydrogens is 286 g/mol. The van der Waals surface area contributed by atoms with Crippen molar-refractivity contribution in [2.24, 2.45) is 0 Å². The molecule has 6 nitrogen and oxygen atoms in total. The van der Waals surface area contributed by atoms with Gasteiger partial charge in [0.05, 0.1) is 19.4 Å². The minimum Gasteiger partial charge on any atom is -0.379 e. The number of alkyl halides is 1. The van der Waals surface area contributed by atoms with Crippen LogP contribution in [0.3, 0.4) is 0 Å². The second-order valence-corrected chi connectivity index (χ2v) is 5.19. The van der Waals surface area contributed by atoms with Crippen molar-refractivity contribution in [3.8, 4) is 0 Å². The number of nitrogens with one attached hydrogen (secondary N) is 2. The Morgan fingerprint density at radius 2 is 2.33 bits per heavy atom. The zero-order chi connectivity index (χ0) is 11.1. The predicted octanol–water partition coefficient (Wildman–Crippen LogP) is 0.0995. The van der Waals surface area contributed by atoms with Crippen LogP contribution in [0.1, 0.15) is 0 Å². The van der Waals surface area contributed by atoms with Gasteiger partial charge < -0.3 is 4.74 Å². The van der Waals surface area contributed by atoms with Gasteiger partial charge in [0.15, 0.2) is 0 Å². The fraction of sp³-hybridized carbons (Fsp3) is 0.571. The molecule has 1 heterocycles. The van der Waals surface area contributed by atoms with E-state index >= 15 is 0 Å². The molecule has 0 aromatic carbocycles. The first-order valence-electron chi connectivity index (χ1n) is 4.29. The van der Waals surface area contributed by atoms with Gasteiger partial charge in [0, 0.05) is 18.1 Å². The lowest BCUT2D eigenvalue weighted by atomic mass is 10.7. The summed E-state index contributed by atoms with van der Waals surface area (Å²) in [7, 11) is -3.44. The molecule has 0 radical (unpaired) electrons. The molecule has 0 spiro atoms. The maximum absolute atomic E-state index is 11.5. The fourth-order valence-corrected chi connectivity index (χ4v) is 2.02. The molecular formula is C7H12BrN3O3S. The van der Waals surface area contributed by atoms with Gasteiger partial charge >= 0.3 is 0 Å². The standard InChI is InChI=1S/C7H12BrN3O3S/c8-1-3-14-4-2-11-15(12,13)7-5-9-10-6-7/h5-6,11H,1-4H2,(H,9,10). The highest BCUT2D eigenvalue weighted by atomic mass is 79.9. The summed E-state index contributed by atoms with van der Waals surface area (Å²) in [5.41, 5.74) is 0. The van der Waals surface area contributed by atoms with Gasteiger partial charge in [-0.25, -0.2) is 13.1 Å². The van der Waals surface area contributed by atoms with Crippen LogP contribution in [0.5, 0.6) is 0 Å². The lowest BCUT2D eigenvalue weighted by Crippen LogP contribution is -2.27. The highest BCUT2D eigenvalue weighted by Gasteiger charge is 2.13. The Morgan fingerprint density at radius 3 is 2.93 bits per heavy atom. The molecule has 2 N–H and O–H groups in total. The number of aromatic amines is 1. The third-order valence-electron chi connectivity index (χ3n) is 1.54. The van der Waals surface area contributed by atoms with Crippen molar-refractivity contribution in [3.05, 3.63) is 12.4 Å². The summed E-state index contributed by atoms with van der Waals surface area (Å²) in [5.74, 6) is 0. The molecule has 0 bridgehead atoms. The topological polar surface area (TPSA) is 84.1 Å². The molecule has 0 amide bonds. The summed E-state index contributed by atoms with van der Waals surface area (Å²) < 4.78 is 30.5. The third-order valence-corrected chi connectivity index (χ3v) is 3.30. The highest BCUT2D eigenvalue weighted by molar-refractivity contribution is 9.09. The first-order valence-corrected chi connectivity index (χ1v) is 6.89. The van der Waals surface area contributed by atoms with Gasteiger partial charge in [0.25, 0.3) is 0 Å². The van der Waals surface area contributed by atoms with Gasteiger partial charge in [-0.2, -0.15) is 5.10 Å². The lowest BCUT2D eigenvalue weighted by molar-refractivity contribution is 0.156. The van der Waals surface area contributed by atoms with Crippen LogP contribution in [-0.4, -0.2) is 43.7 Å². The average molecular weight is 298 g/mol. The van der Waals surface area contributed by atoms with E-state index in [-0.39, 0.29) is 11.4 Å². The third kappa shape index (κ3) is 4.29. The summed E-state index contributed by atoms with van der Waals surface area (Å²) in [6.45, 7) is 1.16. The number of rotatable bonds is 7. The first kappa shape index (κ1) is 12.6. The molecule has 8 heteroatoms. The number of sulfonamides is 1. The first-order chi connectivity index (χ1) is 7.17. The van der Waals surface area contributed by atoms with Crippen LogP contribution in [0.25, 0.3) is 0 Å². The van der Waals surface area contributed by atoms with Crippen LogP contribution in [0.2, 0.25) is 0 Å². The van der Waals surface area contributed by atoms with Crippen LogP contribution < -0.4 is 4.72 Å². The summed E-state index contributed by atoms with van der Waals surface area (Å²) in [6, 6.07) is 0. The van der Waals surface area contributed by atoms with Crippen molar-refractivity contribution < 1.29 is 13.2 Å². The van der Waals surface area contributed by atoms with E-state index in [2.05, 4.69) is 30.8 Å². The van der Waals surface area contributed by atoms with Crippen LogP contribution in [-0.2, 0) is 14.8 Å². The van der Waals surface area contributed by atoms with E-state index in [0.717, 1.165) is 5.33 Å². The Hall–Kier alpha value is -0.440. The van der Waals surface area contributed by atoms with Crippen molar-refractivity contribution in [3.63, 3.8) is 0 Å². The molecule has 1 rings (SSSR count). The predicted molar refractivity (Wildman–Crippen MR) is 58.4 cm³/mol. The number of halogens is 1. The zero-order valence-electron chi connectivity index (χ0n) is 7.94. The van der Waals surface area contributed by atoms with Gasteiger partial charge in [0.2, 0.25) is 10.0 Å². The van der Waals surface area contributed by atoms with Crippen LogP contribution in [0, 0.1) is 0 Å². The molecule has 0 saturated heterocycles. The number of hydrogen-bond acceptors (Lipinski definition) is 4. The molecule has 1 aromatic heterocycles. The molecule has 0 aliphatic carbocycles. The Labute approximate surface area is 96.6 Å². The Balaban J connectivity index is 2.32. The minimum absolute atomic E-state index is 0.128. The van der Waals surface area contributed by atoms with E-state index in [1.54, 1.807) is 0 Å². The van der Waals surface area contributed by atoms with Gasteiger partial charge in [-0.05, 0) is 0 Å². The summed E-state index contributed by atoms with van der Waals surface area (Å²) in [6.07, 6.45) is 2.57. The van der Waals surface area contributed by atoms with Crippen molar-refractivity contribution in [1.82, 2.24) is 14.9 Å². The van der Waals surface area contributed by atoms with Crippen molar-refractivity contribution in [2.45, 2.75) is 4.90 Å². The molecule has 0 aliphatic rings. The van der Waals surface area contributed by atoms with Crippen LogP contribution in [0.4, 0.5) is 0 Å². The SMILES string of the molecule is O=S(=O)(NCCOCCBr)c1cn[nH]c1. The zero-order valence-corrected chi connectivity index (χ0v) is 10.3. The molecule has 86 valence electrons. The minimum atomic E-state index is -3.44. The second kappa shape index (κ2) is 6.21. The monoisotopic (exact) mass is 297 g/mol. The molecule has 0 saturated carbocycles. The summed E-state index contributed by atoms with van der Waals surface area (Å²) >= 11 is 3.20. The number of nitrogens with zero attached hydrogens (tertiary/aromatic N) is 1. The normalized spacial score (nSPS) is 11.8. The molecule has 0 aliphatic heterocycles.